The fourth-order valence-electron chi connectivity index (χ4n) is 3.75. The van der Waals surface area contributed by atoms with Crippen LogP contribution in [0.15, 0.2) is 30.5 Å². The van der Waals surface area contributed by atoms with Crippen molar-refractivity contribution in [2.24, 2.45) is 11.8 Å². The summed E-state index contributed by atoms with van der Waals surface area (Å²) in [6.07, 6.45) is 3.57. The Labute approximate surface area is 163 Å². The number of pyridine rings is 1. The number of aromatic nitrogens is 5. The van der Waals surface area contributed by atoms with Crippen molar-refractivity contribution in [2.75, 3.05) is 25.0 Å². The highest BCUT2D eigenvalue weighted by atomic mass is 16.1. The van der Waals surface area contributed by atoms with Crippen LogP contribution in [0, 0.1) is 11.8 Å². The highest BCUT2D eigenvalue weighted by Gasteiger charge is 2.25. The number of likely N-dealkylation sites (tertiary alicyclic amines) is 1. The van der Waals surface area contributed by atoms with Gasteiger partial charge >= 0.3 is 0 Å². The highest BCUT2D eigenvalue weighted by Crippen LogP contribution is 2.24. The average Bonchev–Trinajstić information content (AvgIpc) is 3.22. The van der Waals surface area contributed by atoms with Crippen molar-refractivity contribution < 1.29 is 4.79 Å². The van der Waals surface area contributed by atoms with Gasteiger partial charge in [-0.05, 0) is 54.6 Å². The van der Waals surface area contributed by atoms with E-state index in [1.165, 1.54) is 0 Å². The lowest BCUT2D eigenvalue weighted by Crippen LogP contribution is -2.39. The Bertz CT molecular complexity index is 946. The van der Waals surface area contributed by atoms with E-state index in [1.807, 2.05) is 24.3 Å². The zero-order chi connectivity index (χ0) is 19.5. The van der Waals surface area contributed by atoms with E-state index < -0.39 is 0 Å². The number of tetrazole rings is 1. The molecule has 8 heteroatoms. The maximum atomic E-state index is 12.7. The van der Waals surface area contributed by atoms with Crippen LogP contribution in [0.5, 0.6) is 0 Å². The molecule has 0 atom stereocenters. The quantitative estimate of drug-likeness (QED) is 0.707. The summed E-state index contributed by atoms with van der Waals surface area (Å²) in [7, 11) is 0. The maximum absolute atomic E-state index is 12.7. The molecule has 0 aliphatic carbocycles. The number of benzene rings is 1. The number of hydrogen-bond donors (Lipinski definition) is 2. The van der Waals surface area contributed by atoms with E-state index in [9.17, 15) is 4.79 Å². The van der Waals surface area contributed by atoms with E-state index in [-0.39, 0.29) is 11.8 Å². The van der Waals surface area contributed by atoms with E-state index >= 15 is 0 Å². The van der Waals surface area contributed by atoms with E-state index in [1.54, 1.807) is 6.20 Å². The van der Waals surface area contributed by atoms with Gasteiger partial charge < -0.3 is 10.2 Å². The number of H-pyrrole nitrogens is 1. The number of piperidine rings is 1. The summed E-state index contributed by atoms with van der Waals surface area (Å²) in [6, 6.07) is 7.76. The molecule has 4 rings (SSSR count). The number of carbonyl (C=O) groups excluding carboxylic acids is 1. The highest BCUT2D eigenvalue weighted by molar-refractivity contribution is 5.94. The molecule has 0 bridgehead atoms. The second kappa shape index (κ2) is 8.02. The first-order valence-corrected chi connectivity index (χ1v) is 9.75. The van der Waals surface area contributed by atoms with Crippen LogP contribution in [0.1, 0.15) is 26.7 Å². The van der Waals surface area contributed by atoms with Crippen LogP contribution in [-0.2, 0) is 4.79 Å². The van der Waals surface area contributed by atoms with Crippen LogP contribution in [-0.4, -0.2) is 56.0 Å². The molecule has 0 saturated carbocycles. The van der Waals surface area contributed by atoms with Crippen LogP contribution in [0.2, 0.25) is 0 Å². The third-order valence-corrected chi connectivity index (χ3v) is 5.16. The van der Waals surface area contributed by atoms with E-state index in [4.69, 9.17) is 0 Å². The Morgan fingerprint density at radius 1 is 1.25 bits per heavy atom. The van der Waals surface area contributed by atoms with Gasteiger partial charge in [-0.15, -0.1) is 10.2 Å². The molecule has 1 amide bonds. The predicted octanol–water partition coefficient (Wildman–Crippen LogP) is 2.72. The summed E-state index contributed by atoms with van der Waals surface area (Å²) in [5.74, 6) is 1.88. The molecule has 28 heavy (non-hydrogen) atoms. The summed E-state index contributed by atoms with van der Waals surface area (Å²) in [5.41, 5.74) is 0.863. The van der Waals surface area contributed by atoms with Gasteiger partial charge in [0.15, 0.2) is 0 Å². The van der Waals surface area contributed by atoms with E-state index in [0.29, 0.717) is 17.6 Å². The largest absolute Gasteiger partial charge is 0.310 e. The molecule has 0 radical (unpaired) electrons. The second-order valence-corrected chi connectivity index (χ2v) is 7.82. The lowest BCUT2D eigenvalue weighted by Gasteiger charge is -2.32. The summed E-state index contributed by atoms with van der Waals surface area (Å²) >= 11 is 0. The molecule has 3 heterocycles. The summed E-state index contributed by atoms with van der Waals surface area (Å²) < 4.78 is 0. The van der Waals surface area contributed by atoms with Gasteiger partial charge in [0.2, 0.25) is 11.7 Å². The molecule has 1 aliphatic rings. The van der Waals surface area contributed by atoms with Crippen LogP contribution < -0.4 is 5.32 Å². The maximum Gasteiger partial charge on any atom is 0.228 e. The average molecular weight is 379 g/mol. The number of hydrogen-bond acceptors (Lipinski definition) is 6. The molecule has 146 valence electrons. The zero-order valence-corrected chi connectivity index (χ0v) is 16.2. The minimum Gasteiger partial charge on any atom is -0.310 e. The number of nitrogens with one attached hydrogen (secondary N) is 2. The van der Waals surface area contributed by atoms with Gasteiger partial charge in [0.1, 0.15) is 5.82 Å². The molecule has 3 aromatic rings. The smallest absolute Gasteiger partial charge is 0.228 e. The molecule has 1 fully saturated rings. The first kappa shape index (κ1) is 18.5. The number of carbonyl (C=O) groups is 1. The number of aromatic amines is 1. The summed E-state index contributed by atoms with van der Waals surface area (Å²) in [4.78, 5) is 19.5. The lowest BCUT2D eigenvalue weighted by molar-refractivity contribution is -0.121. The van der Waals surface area contributed by atoms with Gasteiger partial charge in [0, 0.05) is 29.6 Å². The van der Waals surface area contributed by atoms with E-state index in [0.717, 1.165) is 48.8 Å². The standard InChI is InChI=1S/C20H25N7O/c1-13(2)12-27-7-5-14(6-8-27)20(28)22-18-10-17-9-15(19-23-25-26-24-19)3-4-16(17)11-21-18/h3-4,9-11,13-14H,5-8,12H2,1-2H3,(H,21,22,28)(H,23,24,25,26). The van der Waals surface area contributed by atoms with Crippen LogP contribution >= 0.6 is 0 Å². The number of nitrogens with zero attached hydrogens (tertiary/aromatic N) is 5. The Hall–Kier alpha value is -2.87. The normalized spacial score (nSPS) is 16.0. The molecule has 8 nitrogen and oxygen atoms in total. The minimum absolute atomic E-state index is 0.0478. The number of amides is 1. The first-order valence-electron chi connectivity index (χ1n) is 9.75. The number of rotatable bonds is 5. The van der Waals surface area contributed by atoms with Gasteiger partial charge in [-0.1, -0.05) is 26.0 Å². The Morgan fingerprint density at radius 2 is 2.07 bits per heavy atom. The van der Waals surface area contributed by atoms with Gasteiger partial charge in [0.25, 0.3) is 0 Å². The minimum atomic E-state index is 0.0478. The van der Waals surface area contributed by atoms with Gasteiger partial charge in [-0.2, -0.15) is 5.21 Å². The van der Waals surface area contributed by atoms with Crippen molar-refractivity contribution in [3.8, 4) is 11.4 Å². The molecule has 2 aromatic heterocycles. The molecular weight excluding hydrogens is 354 g/mol. The molecule has 2 N–H and O–H groups in total. The lowest BCUT2D eigenvalue weighted by atomic mass is 9.95. The SMILES string of the molecule is CC(C)CN1CCC(C(=O)Nc2cc3cc(-c4nn[nH]n4)ccc3cn2)CC1. The Kier molecular flexibility index (Phi) is 5.29. The van der Waals surface area contributed by atoms with Crippen molar-refractivity contribution in [1.82, 2.24) is 30.5 Å². The Balaban J connectivity index is 1.43. The first-order chi connectivity index (χ1) is 13.6. The molecule has 1 aromatic carbocycles. The summed E-state index contributed by atoms with van der Waals surface area (Å²) in [5, 5.41) is 19.0. The van der Waals surface area contributed by atoms with Crippen molar-refractivity contribution >= 4 is 22.5 Å². The Morgan fingerprint density at radius 3 is 2.79 bits per heavy atom. The third kappa shape index (κ3) is 4.17. The molecular formula is C20H25N7O. The van der Waals surface area contributed by atoms with Crippen LogP contribution in [0.3, 0.4) is 0 Å². The third-order valence-electron chi connectivity index (χ3n) is 5.16. The zero-order valence-electron chi connectivity index (χ0n) is 16.2. The topological polar surface area (TPSA) is 99.7 Å². The second-order valence-electron chi connectivity index (χ2n) is 7.82. The van der Waals surface area contributed by atoms with Gasteiger partial charge in [-0.3, -0.25) is 4.79 Å². The predicted molar refractivity (Wildman–Crippen MR) is 108 cm³/mol. The van der Waals surface area contributed by atoms with E-state index in [2.05, 4.69) is 49.7 Å². The number of anilines is 1. The molecule has 0 unspecified atom stereocenters. The summed E-state index contributed by atoms with van der Waals surface area (Å²) in [6.45, 7) is 7.52. The van der Waals surface area contributed by atoms with Crippen molar-refractivity contribution in [3.63, 3.8) is 0 Å². The molecule has 1 saturated heterocycles. The van der Waals surface area contributed by atoms with Crippen molar-refractivity contribution in [2.45, 2.75) is 26.7 Å². The molecule has 0 spiro atoms. The molecule has 1 aliphatic heterocycles. The van der Waals surface area contributed by atoms with Crippen LogP contribution in [0.4, 0.5) is 5.82 Å². The van der Waals surface area contributed by atoms with Gasteiger partial charge in [0.05, 0.1) is 0 Å². The monoisotopic (exact) mass is 379 g/mol. The van der Waals surface area contributed by atoms with Gasteiger partial charge in [-0.25, -0.2) is 4.98 Å². The van der Waals surface area contributed by atoms with Crippen LogP contribution in [0.25, 0.3) is 22.2 Å². The fourth-order valence-corrected chi connectivity index (χ4v) is 3.75. The van der Waals surface area contributed by atoms with Crippen molar-refractivity contribution in [1.29, 1.82) is 0 Å². The van der Waals surface area contributed by atoms with Crippen molar-refractivity contribution in [3.05, 3.63) is 30.5 Å². The number of fused-ring (bicyclic) bond motifs is 1. The fraction of sp³-hybridized carbons (Fsp3) is 0.450.